The molecular formula is C18H14N2O7S. The van der Waals surface area contributed by atoms with E-state index in [0.717, 1.165) is 12.1 Å². The second-order valence-corrected chi connectivity index (χ2v) is 7.43. The fourth-order valence-corrected chi connectivity index (χ4v) is 3.94. The fraction of sp³-hybridized carbons (Fsp3) is 0.0556. The fourth-order valence-electron chi connectivity index (χ4n) is 2.65. The van der Waals surface area contributed by atoms with Gasteiger partial charge in [-0.05, 0) is 36.8 Å². The molecule has 0 aliphatic rings. The number of carboxylic acids is 1. The van der Waals surface area contributed by atoms with Gasteiger partial charge in [0.1, 0.15) is 5.76 Å². The Kier molecular flexibility index (Phi) is 4.89. The third-order valence-corrected chi connectivity index (χ3v) is 5.42. The largest absolute Gasteiger partial charge is 0.475 e. The van der Waals surface area contributed by atoms with E-state index in [-0.39, 0.29) is 17.2 Å². The summed E-state index contributed by atoms with van der Waals surface area (Å²) < 4.78 is 33.0. The van der Waals surface area contributed by atoms with Crippen LogP contribution in [0, 0.1) is 17.0 Å². The van der Waals surface area contributed by atoms with Gasteiger partial charge in [0.05, 0.1) is 10.6 Å². The number of nitrogens with zero attached hydrogens (tertiary/aromatic N) is 1. The van der Waals surface area contributed by atoms with Crippen molar-refractivity contribution in [3.05, 3.63) is 76.0 Å². The smallest absolute Gasteiger partial charge is 0.371 e. The zero-order valence-electron chi connectivity index (χ0n) is 14.4. The molecule has 0 bridgehead atoms. The van der Waals surface area contributed by atoms with E-state index in [2.05, 4.69) is 4.72 Å². The molecule has 0 unspecified atom stereocenters. The van der Waals surface area contributed by atoms with Crippen LogP contribution in [-0.2, 0) is 10.0 Å². The van der Waals surface area contributed by atoms with E-state index in [1.54, 1.807) is 19.1 Å². The van der Waals surface area contributed by atoms with Gasteiger partial charge in [0.2, 0.25) is 5.76 Å². The van der Waals surface area contributed by atoms with Crippen molar-refractivity contribution < 1.29 is 27.7 Å². The molecule has 0 saturated heterocycles. The summed E-state index contributed by atoms with van der Waals surface area (Å²) in [4.78, 5) is 20.9. The highest BCUT2D eigenvalue weighted by atomic mass is 32.2. The van der Waals surface area contributed by atoms with E-state index in [1.165, 1.54) is 30.3 Å². The third-order valence-electron chi connectivity index (χ3n) is 4.01. The molecule has 0 radical (unpaired) electrons. The Bertz CT molecular complexity index is 1180. The van der Waals surface area contributed by atoms with Gasteiger partial charge in [0.25, 0.3) is 15.7 Å². The number of sulfonamides is 1. The number of benzene rings is 2. The van der Waals surface area contributed by atoms with Crippen LogP contribution in [0.2, 0.25) is 0 Å². The predicted molar refractivity (Wildman–Crippen MR) is 99.7 cm³/mol. The average molecular weight is 402 g/mol. The van der Waals surface area contributed by atoms with Gasteiger partial charge >= 0.3 is 5.97 Å². The lowest BCUT2D eigenvalue weighted by molar-refractivity contribution is -0.387. The van der Waals surface area contributed by atoms with Crippen molar-refractivity contribution in [1.82, 2.24) is 0 Å². The third kappa shape index (κ3) is 3.58. The first-order valence-electron chi connectivity index (χ1n) is 7.90. The van der Waals surface area contributed by atoms with Crippen LogP contribution in [-0.4, -0.2) is 24.4 Å². The molecule has 2 aromatic carbocycles. The van der Waals surface area contributed by atoms with Gasteiger partial charge in [-0.1, -0.05) is 24.3 Å². The summed E-state index contributed by atoms with van der Waals surface area (Å²) in [6.07, 6.45) is 0. The summed E-state index contributed by atoms with van der Waals surface area (Å²) in [6.45, 7) is 1.62. The molecule has 144 valence electrons. The molecule has 28 heavy (non-hydrogen) atoms. The summed E-state index contributed by atoms with van der Waals surface area (Å²) in [5.74, 6) is -1.22. The molecule has 2 N–H and O–H groups in total. The minimum Gasteiger partial charge on any atom is -0.475 e. The molecule has 0 spiro atoms. The molecule has 1 aromatic heterocycles. The first-order chi connectivity index (χ1) is 13.2. The number of carbonyl (C=O) groups is 1. The van der Waals surface area contributed by atoms with Gasteiger partial charge in [-0.25, -0.2) is 13.2 Å². The Morgan fingerprint density at radius 2 is 1.82 bits per heavy atom. The number of carboxylic acid groups (broad SMARTS) is 1. The van der Waals surface area contributed by atoms with Crippen molar-refractivity contribution in [2.45, 2.75) is 11.8 Å². The summed E-state index contributed by atoms with van der Waals surface area (Å²) >= 11 is 0. The number of anilines is 1. The van der Waals surface area contributed by atoms with E-state index < -0.39 is 31.5 Å². The Morgan fingerprint density at radius 3 is 2.46 bits per heavy atom. The standard InChI is InChI=1S/C18H14N2O7S/c1-11-12(15-9-10-16(27-15)18(21)22)5-4-6-13(11)19-28(25,26)17-8-3-2-7-14(17)20(23)24/h2-10,19H,1H3,(H,21,22). The van der Waals surface area contributed by atoms with E-state index in [9.17, 15) is 23.3 Å². The lowest BCUT2D eigenvalue weighted by Gasteiger charge is -2.13. The van der Waals surface area contributed by atoms with E-state index >= 15 is 0 Å². The molecule has 0 aliphatic carbocycles. The maximum absolute atomic E-state index is 12.7. The minimum atomic E-state index is -4.24. The highest BCUT2D eigenvalue weighted by molar-refractivity contribution is 7.92. The van der Waals surface area contributed by atoms with Crippen molar-refractivity contribution in [3.8, 4) is 11.3 Å². The topological polar surface area (TPSA) is 140 Å². The Labute approximate surface area is 159 Å². The van der Waals surface area contributed by atoms with Gasteiger partial charge < -0.3 is 9.52 Å². The Morgan fingerprint density at radius 1 is 1.11 bits per heavy atom. The van der Waals surface area contributed by atoms with Gasteiger partial charge in [0.15, 0.2) is 4.90 Å². The molecule has 1 heterocycles. The van der Waals surface area contributed by atoms with Crippen LogP contribution in [0.4, 0.5) is 11.4 Å². The number of nitro groups is 1. The van der Waals surface area contributed by atoms with E-state index in [4.69, 9.17) is 9.52 Å². The van der Waals surface area contributed by atoms with Gasteiger partial charge in [-0.3, -0.25) is 14.8 Å². The summed E-state index contributed by atoms with van der Waals surface area (Å²) in [6, 6.07) is 12.5. The number of hydrogen-bond donors (Lipinski definition) is 2. The SMILES string of the molecule is Cc1c(NS(=O)(=O)c2ccccc2[N+](=O)[O-])cccc1-c1ccc(C(=O)O)o1. The lowest BCUT2D eigenvalue weighted by Crippen LogP contribution is -2.15. The number of nitro benzene ring substituents is 1. The highest BCUT2D eigenvalue weighted by Gasteiger charge is 2.26. The van der Waals surface area contributed by atoms with Crippen molar-refractivity contribution in [2.24, 2.45) is 0 Å². The minimum absolute atomic E-state index is 0.184. The van der Waals surface area contributed by atoms with Crippen LogP contribution < -0.4 is 4.72 Å². The molecule has 10 heteroatoms. The quantitative estimate of drug-likeness (QED) is 0.473. The predicted octanol–water partition coefficient (Wildman–Crippen LogP) is 3.66. The van der Waals surface area contributed by atoms with Crippen molar-refractivity contribution in [1.29, 1.82) is 0 Å². The molecule has 3 aromatic rings. The molecule has 0 aliphatic heterocycles. The normalized spacial score (nSPS) is 11.2. The summed E-state index contributed by atoms with van der Waals surface area (Å²) in [5, 5.41) is 20.1. The maximum Gasteiger partial charge on any atom is 0.371 e. The number of aromatic carboxylic acids is 1. The number of hydrogen-bond acceptors (Lipinski definition) is 6. The maximum atomic E-state index is 12.7. The molecule has 0 atom stereocenters. The van der Waals surface area contributed by atoms with Crippen molar-refractivity contribution in [3.63, 3.8) is 0 Å². The number of para-hydroxylation sites is 1. The molecule has 0 saturated carbocycles. The summed E-state index contributed by atoms with van der Waals surface area (Å²) in [7, 11) is -4.24. The van der Waals surface area contributed by atoms with E-state index in [0.29, 0.717) is 11.1 Å². The van der Waals surface area contributed by atoms with Crippen molar-refractivity contribution in [2.75, 3.05) is 4.72 Å². The Balaban J connectivity index is 2.02. The van der Waals surface area contributed by atoms with Crippen LogP contribution in [0.1, 0.15) is 16.1 Å². The second-order valence-electron chi connectivity index (χ2n) is 5.78. The molecule has 0 amide bonds. The van der Waals surface area contributed by atoms with Gasteiger partial charge in [-0.15, -0.1) is 0 Å². The number of nitrogens with one attached hydrogen (secondary N) is 1. The van der Waals surface area contributed by atoms with Crippen LogP contribution in [0.25, 0.3) is 11.3 Å². The molecule has 0 fully saturated rings. The number of furan rings is 1. The first kappa shape index (κ1) is 19.1. The van der Waals surface area contributed by atoms with Gasteiger partial charge in [-0.2, -0.15) is 0 Å². The number of rotatable bonds is 6. The zero-order chi connectivity index (χ0) is 20.5. The summed E-state index contributed by atoms with van der Waals surface area (Å²) in [5.41, 5.74) is 0.594. The lowest BCUT2D eigenvalue weighted by atomic mass is 10.1. The van der Waals surface area contributed by atoms with Crippen LogP contribution >= 0.6 is 0 Å². The zero-order valence-corrected chi connectivity index (χ0v) is 15.3. The monoisotopic (exact) mass is 402 g/mol. The second kappa shape index (κ2) is 7.16. The van der Waals surface area contributed by atoms with Crippen molar-refractivity contribution >= 4 is 27.4 Å². The van der Waals surface area contributed by atoms with Crippen LogP contribution in [0.15, 0.2) is 63.9 Å². The highest BCUT2D eigenvalue weighted by Crippen LogP contribution is 2.32. The molecular weight excluding hydrogens is 388 g/mol. The molecule has 3 rings (SSSR count). The van der Waals surface area contributed by atoms with Crippen LogP contribution in [0.5, 0.6) is 0 Å². The first-order valence-corrected chi connectivity index (χ1v) is 9.38. The molecule has 9 nitrogen and oxygen atoms in total. The van der Waals surface area contributed by atoms with E-state index in [1.807, 2.05) is 0 Å². The van der Waals surface area contributed by atoms with Gasteiger partial charge in [0, 0.05) is 11.6 Å². The average Bonchev–Trinajstić information content (AvgIpc) is 3.13. The Hall–Kier alpha value is -3.66. The van der Waals surface area contributed by atoms with Crippen LogP contribution in [0.3, 0.4) is 0 Å².